The normalized spacial score (nSPS) is 10.6. The van der Waals surface area contributed by atoms with Gasteiger partial charge in [0.1, 0.15) is 0 Å². The number of hydrogen-bond donors (Lipinski definition) is 1. The van der Waals surface area contributed by atoms with Gasteiger partial charge >= 0.3 is 0 Å². The van der Waals surface area contributed by atoms with Gasteiger partial charge < -0.3 is 10.3 Å². The van der Waals surface area contributed by atoms with Crippen LogP contribution in [0.3, 0.4) is 0 Å². The molecular weight excluding hydrogens is 250 g/mol. The van der Waals surface area contributed by atoms with Gasteiger partial charge in [-0.05, 0) is 11.6 Å². The summed E-state index contributed by atoms with van der Waals surface area (Å²) in [4.78, 5) is 32.3. The molecule has 0 atom stereocenters. The molecule has 0 bridgehead atoms. The van der Waals surface area contributed by atoms with Crippen LogP contribution in [0, 0.1) is 10.1 Å². The van der Waals surface area contributed by atoms with E-state index in [9.17, 15) is 19.7 Å². The van der Waals surface area contributed by atoms with Crippen molar-refractivity contribution in [2.75, 3.05) is 0 Å². The highest BCUT2D eigenvalue weighted by Gasteiger charge is 2.16. The van der Waals surface area contributed by atoms with Crippen LogP contribution in [0.1, 0.15) is 5.56 Å². The van der Waals surface area contributed by atoms with E-state index in [4.69, 9.17) is 5.73 Å². The standard InChI is InChI=1S/C12H11N3O4/c1-14-6-7(4-11(16)12(13)17)9-3-2-8(15(18)19)5-10(9)14/h2-3,5-6H,4H2,1H3,(H2,13,17). The highest BCUT2D eigenvalue weighted by Crippen LogP contribution is 2.25. The van der Waals surface area contributed by atoms with Crippen molar-refractivity contribution >= 4 is 28.3 Å². The number of hydrogen-bond acceptors (Lipinski definition) is 4. The minimum Gasteiger partial charge on any atom is -0.363 e. The molecule has 1 amide bonds. The Morgan fingerprint density at radius 2 is 2.11 bits per heavy atom. The molecule has 0 aliphatic rings. The van der Waals surface area contributed by atoms with Crippen molar-refractivity contribution in [3.8, 4) is 0 Å². The fourth-order valence-electron chi connectivity index (χ4n) is 1.97. The lowest BCUT2D eigenvalue weighted by molar-refractivity contribution is -0.384. The van der Waals surface area contributed by atoms with Crippen LogP contribution in [0.4, 0.5) is 5.69 Å². The summed E-state index contributed by atoms with van der Waals surface area (Å²) in [6, 6.07) is 4.35. The molecule has 7 heteroatoms. The number of Topliss-reactive ketones (excluding diaryl/α,β-unsaturated/α-hetero) is 1. The summed E-state index contributed by atoms with van der Waals surface area (Å²) in [6.07, 6.45) is 1.56. The first-order valence-corrected chi connectivity index (χ1v) is 5.45. The highest BCUT2D eigenvalue weighted by molar-refractivity contribution is 6.36. The van der Waals surface area contributed by atoms with E-state index in [1.165, 1.54) is 12.1 Å². The van der Waals surface area contributed by atoms with Crippen LogP contribution >= 0.6 is 0 Å². The number of benzene rings is 1. The molecule has 2 aromatic rings. The number of nitro groups is 1. The molecule has 0 saturated heterocycles. The van der Waals surface area contributed by atoms with Crippen LogP contribution in [-0.2, 0) is 23.1 Å². The lowest BCUT2D eigenvalue weighted by Gasteiger charge is -1.97. The SMILES string of the molecule is Cn1cc(CC(=O)C(N)=O)c2ccc([N+](=O)[O-])cc21. The number of nitrogens with zero attached hydrogens (tertiary/aromatic N) is 2. The van der Waals surface area contributed by atoms with Crippen molar-refractivity contribution in [2.24, 2.45) is 12.8 Å². The van der Waals surface area contributed by atoms with Gasteiger partial charge in [0.05, 0.1) is 10.4 Å². The molecule has 1 aromatic carbocycles. The molecule has 0 unspecified atom stereocenters. The van der Waals surface area contributed by atoms with Crippen molar-refractivity contribution in [3.63, 3.8) is 0 Å². The number of aryl methyl sites for hydroxylation is 1. The fraction of sp³-hybridized carbons (Fsp3) is 0.167. The van der Waals surface area contributed by atoms with Crippen LogP contribution in [0.2, 0.25) is 0 Å². The van der Waals surface area contributed by atoms with Gasteiger partial charge in [0.15, 0.2) is 0 Å². The Morgan fingerprint density at radius 3 is 2.68 bits per heavy atom. The monoisotopic (exact) mass is 261 g/mol. The van der Waals surface area contributed by atoms with Crippen molar-refractivity contribution in [1.29, 1.82) is 0 Å². The van der Waals surface area contributed by atoms with E-state index < -0.39 is 16.6 Å². The van der Waals surface area contributed by atoms with Gasteiger partial charge in [-0.15, -0.1) is 0 Å². The minimum atomic E-state index is -0.987. The second kappa shape index (κ2) is 4.52. The molecule has 1 aromatic heterocycles. The van der Waals surface area contributed by atoms with Crippen molar-refractivity contribution in [2.45, 2.75) is 6.42 Å². The van der Waals surface area contributed by atoms with Crippen molar-refractivity contribution < 1.29 is 14.5 Å². The number of carbonyl (C=O) groups is 2. The Morgan fingerprint density at radius 1 is 1.42 bits per heavy atom. The summed E-state index contributed by atoms with van der Waals surface area (Å²) in [5.41, 5.74) is 6.14. The van der Waals surface area contributed by atoms with Crippen LogP contribution in [0.5, 0.6) is 0 Å². The van der Waals surface area contributed by atoms with Crippen LogP contribution in [0.15, 0.2) is 24.4 Å². The summed E-state index contributed by atoms with van der Waals surface area (Å²) < 4.78 is 1.67. The Balaban J connectivity index is 2.50. The van der Waals surface area contributed by atoms with Gasteiger partial charge in [-0.25, -0.2) is 0 Å². The number of nitro benzene ring substituents is 1. The van der Waals surface area contributed by atoms with Crippen LogP contribution in [-0.4, -0.2) is 21.2 Å². The second-order valence-electron chi connectivity index (χ2n) is 4.19. The molecule has 0 radical (unpaired) electrons. The third-order valence-electron chi connectivity index (χ3n) is 2.89. The summed E-state index contributed by atoms with van der Waals surface area (Å²) >= 11 is 0. The molecule has 2 N–H and O–H groups in total. The number of primary amides is 1. The quantitative estimate of drug-likeness (QED) is 0.496. The zero-order valence-corrected chi connectivity index (χ0v) is 10.1. The Bertz CT molecular complexity index is 702. The molecule has 0 saturated carbocycles. The van der Waals surface area contributed by atoms with Gasteiger partial charge in [-0.1, -0.05) is 0 Å². The first kappa shape index (κ1) is 12.7. The lowest BCUT2D eigenvalue weighted by atomic mass is 10.1. The van der Waals surface area contributed by atoms with Gasteiger partial charge in [0.25, 0.3) is 11.6 Å². The number of rotatable bonds is 4. The van der Waals surface area contributed by atoms with E-state index in [0.717, 1.165) is 0 Å². The molecule has 0 aliphatic heterocycles. The zero-order valence-electron chi connectivity index (χ0n) is 10.1. The number of amides is 1. The third kappa shape index (κ3) is 2.30. The second-order valence-corrected chi connectivity index (χ2v) is 4.19. The first-order chi connectivity index (χ1) is 8.90. The van der Waals surface area contributed by atoms with E-state index in [-0.39, 0.29) is 12.1 Å². The number of ketones is 1. The van der Waals surface area contributed by atoms with Gasteiger partial charge in [-0.2, -0.15) is 0 Å². The maximum absolute atomic E-state index is 11.3. The third-order valence-corrected chi connectivity index (χ3v) is 2.89. The number of fused-ring (bicyclic) bond motifs is 1. The average Bonchev–Trinajstić information content (AvgIpc) is 2.65. The Hall–Kier alpha value is -2.70. The first-order valence-electron chi connectivity index (χ1n) is 5.45. The number of nitrogens with two attached hydrogens (primary N) is 1. The minimum absolute atomic E-state index is 0.0264. The maximum atomic E-state index is 11.3. The van der Waals surface area contributed by atoms with E-state index in [0.29, 0.717) is 16.5 Å². The fourth-order valence-corrected chi connectivity index (χ4v) is 1.97. The highest BCUT2D eigenvalue weighted by atomic mass is 16.6. The molecule has 7 nitrogen and oxygen atoms in total. The van der Waals surface area contributed by atoms with Crippen molar-refractivity contribution in [1.82, 2.24) is 4.57 Å². The Labute approximate surface area is 107 Å². The maximum Gasteiger partial charge on any atom is 0.285 e. The molecular formula is C12H11N3O4. The molecule has 2 rings (SSSR count). The number of non-ortho nitro benzene ring substituents is 1. The van der Waals surface area contributed by atoms with Gasteiger partial charge in [-0.3, -0.25) is 19.7 Å². The van der Waals surface area contributed by atoms with Crippen LogP contribution < -0.4 is 5.73 Å². The van der Waals surface area contributed by atoms with Gasteiger partial charge in [0.2, 0.25) is 5.78 Å². The smallest absolute Gasteiger partial charge is 0.285 e. The summed E-state index contributed by atoms with van der Waals surface area (Å²) in [7, 11) is 1.71. The predicted octanol–water partition coefficient (Wildman–Crippen LogP) is 0.683. The molecule has 98 valence electrons. The van der Waals surface area contributed by atoms with E-state index in [1.807, 2.05) is 0 Å². The summed E-state index contributed by atoms with van der Waals surface area (Å²) in [6.45, 7) is 0. The van der Waals surface area contributed by atoms with E-state index in [2.05, 4.69) is 0 Å². The largest absolute Gasteiger partial charge is 0.363 e. The molecule has 1 heterocycles. The molecule has 0 aliphatic carbocycles. The predicted molar refractivity (Wildman–Crippen MR) is 67.5 cm³/mol. The van der Waals surface area contributed by atoms with Gasteiger partial charge in [0, 0.05) is 37.2 Å². The van der Waals surface area contributed by atoms with E-state index in [1.54, 1.807) is 23.9 Å². The Kier molecular flexibility index (Phi) is 3.04. The molecule has 19 heavy (non-hydrogen) atoms. The molecule has 0 spiro atoms. The lowest BCUT2D eigenvalue weighted by Crippen LogP contribution is -2.24. The van der Waals surface area contributed by atoms with Crippen LogP contribution in [0.25, 0.3) is 10.9 Å². The number of aromatic nitrogens is 1. The average molecular weight is 261 g/mol. The topological polar surface area (TPSA) is 108 Å². The number of carbonyl (C=O) groups excluding carboxylic acids is 2. The summed E-state index contributed by atoms with van der Waals surface area (Å²) in [5.74, 6) is -1.68. The van der Waals surface area contributed by atoms with E-state index >= 15 is 0 Å². The zero-order chi connectivity index (χ0) is 14.2. The van der Waals surface area contributed by atoms with Crippen molar-refractivity contribution in [3.05, 3.63) is 40.1 Å². The molecule has 0 fully saturated rings. The summed E-state index contributed by atoms with van der Waals surface area (Å²) in [5, 5.41) is 11.4.